The van der Waals surface area contributed by atoms with Gasteiger partial charge in [-0.2, -0.15) is 0 Å². The Bertz CT molecular complexity index is 711. The molecule has 0 saturated heterocycles. The van der Waals surface area contributed by atoms with Gasteiger partial charge in [0.2, 0.25) is 0 Å². The van der Waals surface area contributed by atoms with Crippen molar-refractivity contribution < 1.29 is 18.7 Å². The molecule has 0 aliphatic carbocycles. The minimum atomic E-state index is -1.79. The summed E-state index contributed by atoms with van der Waals surface area (Å²) in [6, 6.07) is 21.9. The predicted molar refractivity (Wildman–Crippen MR) is 120 cm³/mol. The number of benzene rings is 2. The van der Waals surface area contributed by atoms with Crippen LogP contribution in [0.4, 0.5) is 0 Å². The Hall–Kier alpha value is -2.27. The molecule has 0 unspecified atom stereocenters. The number of unbranched alkanes of at least 4 members (excludes halogenated alkanes) is 1. The van der Waals surface area contributed by atoms with Crippen LogP contribution in [0.5, 0.6) is 11.5 Å². The Morgan fingerprint density at radius 3 is 2.17 bits per heavy atom. The van der Waals surface area contributed by atoms with E-state index in [0.717, 1.165) is 30.0 Å². The van der Waals surface area contributed by atoms with Crippen molar-refractivity contribution in [3.63, 3.8) is 0 Å². The fourth-order valence-corrected chi connectivity index (χ4v) is 6.56. The molecule has 0 aromatic heterocycles. The van der Waals surface area contributed by atoms with Crippen molar-refractivity contribution in [1.29, 1.82) is 0 Å². The van der Waals surface area contributed by atoms with Crippen molar-refractivity contribution in [2.24, 2.45) is 0 Å². The van der Waals surface area contributed by atoms with Gasteiger partial charge in [0.15, 0.2) is 0 Å². The molecule has 0 aliphatic rings. The lowest BCUT2D eigenvalue weighted by Gasteiger charge is -2.30. The van der Waals surface area contributed by atoms with Crippen LogP contribution < -0.4 is 9.16 Å². The number of aryl methyl sites for hydroxylation is 1. The molecule has 0 saturated carbocycles. The van der Waals surface area contributed by atoms with E-state index in [0.29, 0.717) is 6.61 Å². The maximum atomic E-state index is 11.1. The van der Waals surface area contributed by atoms with Crippen LogP contribution in [0.2, 0.25) is 18.1 Å². The average molecular weight is 415 g/mol. The van der Waals surface area contributed by atoms with Crippen LogP contribution >= 0.6 is 0 Å². The van der Waals surface area contributed by atoms with Crippen molar-refractivity contribution in [3.05, 3.63) is 60.2 Å². The Balaban J connectivity index is 1.83. The van der Waals surface area contributed by atoms with E-state index in [-0.39, 0.29) is 12.4 Å². The minimum absolute atomic E-state index is 0.249. The number of ether oxygens (including phenoxy) is 2. The summed E-state index contributed by atoms with van der Waals surface area (Å²) in [7, 11) is -0.404. The van der Waals surface area contributed by atoms with Gasteiger partial charge in [0.25, 0.3) is 8.32 Å². The van der Waals surface area contributed by atoms with Crippen LogP contribution in [-0.2, 0) is 16.0 Å². The van der Waals surface area contributed by atoms with Crippen molar-refractivity contribution in [1.82, 2.24) is 0 Å². The molecule has 2 aromatic carbocycles. The number of hydrogen-bond acceptors (Lipinski definition) is 4. The minimum Gasteiger partial charge on any atom is -0.543 e. The number of methoxy groups -OCH3 is 1. The lowest BCUT2D eigenvalue weighted by atomic mass is 10.1. The summed E-state index contributed by atoms with van der Waals surface area (Å²) in [6.45, 7) is 4.84. The first kappa shape index (κ1) is 23.0. The van der Waals surface area contributed by atoms with Crippen molar-refractivity contribution in [3.8, 4) is 11.5 Å². The van der Waals surface area contributed by atoms with Crippen LogP contribution in [0.25, 0.3) is 0 Å². The normalized spacial score (nSPS) is 11.1. The highest BCUT2D eigenvalue weighted by Gasteiger charge is 2.32. The van der Waals surface area contributed by atoms with Gasteiger partial charge in [-0.25, -0.2) is 0 Å². The molecule has 0 radical (unpaired) electrons. The SMILES string of the molecule is CC[Si](CC)(CCCCc1ccccc1)Oc1ccc(OCCC(=O)OC)cc1. The zero-order valence-corrected chi connectivity index (χ0v) is 19.0. The molecule has 0 fully saturated rings. The largest absolute Gasteiger partial charge is 0.543 e. The molecular formula is C24H34O4Si. The first-order chi connectivity index (χ1) is 14.1. The van der Waals surface area contributed by atoms with Gasteiger partial charge in [0.1, 0.15) is 11.5 Å². The first-order valence-electron chi connectivity index (χ1n) is 10.6. The zero-order valence-electron chi connectivity index (χ0n) is 18.0. The Labute approximate surface area is 176 Å². The highest BCUT2D eigenvalue weighted by atomic mass is 28.4. The maximum Gasteiger partial charge on any atom is 0.308 e. The van der Waals surface area contributed by atoms with Gasteiger partial charge in [-0.1, -0.05) is 50.6 Å². The summed E-state index contributed by atoms with van der Waals surface area (Å²) in [5.74, 6) is 1.40. The van der Waals surface area contributed by atoms with E-state index in [2.05, 4.69) is 48.9 Å². The third-order valence-corrected chi connectivity index (χ3v) is 9.95. The van der Waals surface area contributed by atoms with E-state index in [1.807, 2.05) is 24.3 Å². The van der Waals surface area contributed by atoms with Crippen LogP contribution in [0.1, 0.15) is 38.7 Å². The van der Waals surface area contributed by atoms with E-state index >= 15 is 0 Å². The molecule has 0 N–H and O–H groups in total. The van der Waals surface area contributed by atoms with Gasteiger partial charge in [-0.3, -0.25) is 4.79 Å². The molecule has 0 atom stereocenters. The molecule has 29 heavy (non-hydrogen) atoms. The molecule has 158 valence electrons. The van der Waals surface area contributed by atoms with Gasteiger partial charge in [0.05, 0.1) is 20.1 Å². The number of rotatable bonds is 13. The Morgan fingerprint density at radius 1 is 0.897 bits per heavy atom. The summed E-state index contributed by atoms with van der Waals surface area (Å²) in [5, 5.41) is 0. The highest BCUT2D eigenvalue weighted by Crippen LogP contribution is 2.29. The second-order valence-corrected chi connectivity index (χ2v) is 11.8. The molecule has 2 aromatic rings. The fraction of sp³-hybridized carbons (Fsp3) is 0.458. The first-order valence-corrected chi connectivity index (χ1v) is 13.2. The van der Waals surface area contributed by atoms with Gasteiger partial charge in [-0.05, 0) is 60.8 Å². The monoisotopic (exact) mass is 414 g/mol. The fourth-order valence-electron chi connectivity index (χ4n) is 3.43. The van der Waals surface area contributed by atoms with Gasteiger partial charge >= 0.3 is 5.97 Å². The van der Waals surface area contributed by atoms with Crippen LogP contribution in [0.15, 0.2) is 54.6 Å². The summed E-state index contributed by atoms with van der Waals surface area (Å²) < 4.78 is 16.8. The molecule has 2 rings (SSSR count). The standard InChI is InChI=1S/C24H34O4Si/c1-4-29(5-2,20-10-9-13-21-11-7-6-8-12-21)28-23-16-14-22(15-17-23)27-19-18-24(25)26-3/h6-8,11-12,14-17H,4-5,9-10,13,18-20H2,1-3H3. The number of hydrogen-bond donors (Lipinski definition) is 0. The molecule has 0 spiro atoms. The number of esters is 1. The Morgan fingerprint density at radius 2 is 1.55 bits per heavy atom. The third-order valence-electron chi connectivity index (χ3n) is 5.44. The van der Waals surface area contributed by atoms with Gasteiger partial charge < -0.3 is 13.9 Å². The average Bonchev–Trinajstić information content (AvgIpc) is 2.77. The van der Waals surface area contributed by atoms with E-state index in [9.17, 15) is 4.79 Å². The zero-order chi connectivity index (χ0) is 21.0. The van der Waals surface area contributed by atoms with E-state index in [4.69, 9.17) is 9.16 Å². The summed E-state index contributed by atoms with van der Waals surface area (Å²) in [4.78, 5) is 11.1. The quantitative estimate of drug-likeness (QED) is 0.228. The van der Waals surface area contributed by atoms with Gasteiger partial charge in [-0.15, -0.1) is 0 Å². The van der Waals surface area contributed by atoms with E-state index < -0.39 is 8.32 Å². The molecule has 5 heteroatoms. The van der Waals surface area contributed by atoms with Crippen LogP contribution in [0.3, 0.4) is 0 Å². The number of carbonyl (C=O) groups excluding carboxylic acids is 1. The summed E-state index contributed by atoms with van der Waals surface area (Å²) in [5.41, 5.74) is 1.41. The second kappa shape index (κ2) is 12.3. The predicted octanol–water partition coefficient (Wildman–Crippen LogP) is 6.02. The topological polar surface area (TPSA) is 44.8 Å². The lowest BCUT2D eigenvalue weighted by molar-refractivity contribution is -0.141. The highest BCUT2D eigenvalue weighted by molar-refractivity contribution is 6.74. The summed E-state index contributed by atoms with van der Waals surface area (Å²) >= 11 is 0. The number of carbonyl (C=O) groups is 1. The molecule has 0 amide bonds. The van der Waals surface area contributed by atoms with Gasteiger partial charge in [0, 0.05) is 0 Å². The third kappa shape index (κ3) is 7.93. The smallest absolute Gasteiger partial charge is 0.308 e. The summed E-state index contributed by atoms with van der Waals surface area (Å²) in [6.07, 6.45) is 3.79. The van der Waals surface area contributed by atoms with E-state index in [1.54, 1.807) is 0 Å². The van der Waals surface area contributed by atoms with E-state index in [1.165, 1.54) is 31.6 Å². The second-order valence-electron chi connectivity index (χ2n) is 7.33. The molecule has 0 bridgehead atoms. The van der Waals surface area contributed by atoms with Crippen LogP contribution in [0, 0.1) is 0 Å². The Kier molecular flexibility index (Phi) is 9.78. The molecular weight excluding hydrogens is 380 g/mol. The van der Waals surface area contributed by atoms with Crippen molar-refractivity contribution in [2.75, 3.05) is 13.7 Å². The molecule has 0 heterocycles. The van der Waals surface area contributed by atoms with Crippen LogP contribution in [-0.4, -0.2) is 28.0 Å². The lowest BCUT2D eigenvalue weighted by Crippen LogP contribution is -2.40. The molecule has 0 aliphatic heterocycles. The molecule has 4 nitrogen and oxygen atoms in total. The van der Waals surface area contributed by atoms with Crippen molar-refractivity contribution >= 4 is 14.3 Å². The van der Waals surface area contributed by atoms with Crippen molar-refractivity contribution in [2.45, 2.75) is 57.7 Å². The maximum absolute atomic E-state index is 11.1.